The van der Waals surface area contributed by atoms with Crippen LogP contribution in [-0.4, -0.2) is 25.2 Å². The number of nitrogens with zero attached hydrogens (tertiary/aromatic N) is 2. The number of rotatable bonds is 4. The van der Waals surface area contributed by atoms with Crippen LogP contribution in [0.4, 0.5) is 18.3 Å². The van der Waals surface area contributed by atoms with Crippen molar-refractivity contribution in [3.8, 4) is 5.75 Å². The number of fused-ring (bicyclic) bond motifs is 1. The van der Waals surface area contributed by atoms with Crippen molar-refractivity contribution in [2.45, 2.75) is 23.4 Å². The molecule has 1 aromatic heterocycles. The van der Waals surface area contributed by atoms with E-state index in [1.807, 2.05) is 0 Å². The molecule has 1 atom stereocenters. The normalized spacial score (nSPS) is 16.7. The number of primary sulfonamides is 1. The number of aromatic nitrogens is 2. The van der Waals surface area contributed by atoms with Gasteiger partial charge in [0.25, 0.3) is 0 Å². The van der Waals surface area contributed by atoms with Crippen molar-refractivity contribution in [3.63, 3.8) is 0 Å². The molecule has 0 aliphatic carbocycles. The standard InChI is InChI=1S/C18H13ClF3N3O3S2/c19-15-7-10(18(20,21)22)1-3-13(15)12-5-6-28-16-8-11(2-4-14(12)16)30(26,27)25-17-24-23-9-29-17/h1-4,7-9,12H,5-6H2,(H,24,25)/p+1. The Bertz CT molecular complexity index is 1190. The van der Waals surface area contributed by atoms with Gasteiger partial charge in [0.1, 0.15) is 16.2 Å². The lowest BCUT2D eigenvalue weighted by Gasteiger charge is -2.27. The Morgan fingerprint density at radius 1 is 1.17 bits per heavy atom. The SMILES string of the molecule is O=S(=O)([NH2+]c1nncs1)c1ccc2c(c1)OCCC2c1ccc(C(F)(F)F)cc1Cl. The van der Waals surface area contributed by atoms with Gasteiger partial charge in [0.05, 0.1) is 12.2 Å². The first-order chi connectivity index (χ1) is 14.1. The molecule has 12 heteroatoms. The van der Waals surface area contributed by atoms with Crippen LogP contribution in [0, 0.1) is 0 Å². The molecule has 2 aromatic carbocycles. The molecule has 2 heterocycles. The van der Waals surface area contributed by atoms with Gasteiger partial charge in [0, 0.05) is 22.6 Å². The quantitative estimate of drug-likeness (QED) is 0.620. The van der Waals surface area contributed by atoms with Crippen LogP contribution in [0.3, 0.4) is 0 Å². The maximum Gasteiger partial charge on any atom is 0.416 e. The Morgan fingerprint density at radius 2 is 1.93 bits per heavy atom. The summed E-state index contributed by atoms with van der Waals surface area (Å²) in [6.07, 6.45) is -3.98. The summed E-state index contributed by atoms with van der Waals surface area (Å²) >= 11 is 7.26. The highest BCUT2D eigenvalue weighted by Gasteiger charge is 2.33. The molecule has 0 spiro atoms. The molecular weight excluding hydrogens is 463 g/mol. The fourth-order valence-electron chi connectivity index (χ4n) is 3.29. The highest BCUT2D eigenvalue weighted by atomic mass is 35.5. The van der Waals surface area contributed by atoms with Crippen molar-refractivity contribution in [2.24, 2.45) is 0 Å². The Morgan fingerprint density at radius 3 is 2.60 bits per heavy atom. The molecular formula is C18H14ClF3N3O3S2+. The van der Waals surface area contributed by atoms with Crippen LogP contribution in [0.5, 0.6) is 5.75 Å². The first-order valence-corrected chi connectivity index (χ1v) is 11.4. The fourth-order valence-corrected chi connectivity index (χ4v) is 5.48. The average molecular weight is 477 g/mol. The molecule has 0 fully saturated rings. The zero-order valence-electron chi connectivity index (χ0n) is 15.1. The third kappa shape index (κ3) is 4.15. The van der Waals surface area contributed by atoms with Gasteiger partial charge >= 0.3 is 21.3 Å². The van der Waals surface area contributed by atoms with Crippen molar-refractivity contribution in [2.75, 3.05) is 6.61 Å². The molecule has 0 bridgehead atoms. The van der Waals surface area contributed by atoms with E-state index in [1.165, 1.54) is 23.7 Å². The van der Waals surface area contributed by atoms with E-state index in [1.54, 1.807) is 6.07 Å². The number of alkyl halides is 3. The third-order valence-corrected chi connectivity index (χ3v) is 7.25. The van der Waals surface area contributed by atoms with Gasteiger partial charge in [-0.05, 0) is 41.5 Å². The Kier molecular flexibility index (Phi) is 5.47. The summed E-state index contributed by atoms with van der Waals surface area (Å²) in [7, 11) is -3.78. The molecule has 0 saturated carbocycles. The smallest absolute Gasteiger partial charge is 0.416 e. The van der Waals surface area contributed by atoms with Crippen LogP contribution in [0.1, 0.15) is 29.0 Å². The molecule has 0 amide bonds. The van der Waals surface area contributed by atoms with E-state index in [-0.39, 0.29) is 27.6 Å². The van der Waals surface area contributed by atoms with E-state index >= 15 is 0 Å². The minimum atomic E-state index is -4.48. The highest BCUT2D eigenvalue weighted by molar-refractivity contribution is 7.85. The Labute approximate surface area is 178 Å². The number of quaternary nitrogens is 1. The van der Waals surface area contributed by atoms with E-state index in [2.05, 4.69) is 10.2 Å². The second-order valence-electron chi connectivity index (χ2n) is 6.56. The zero-order valence-corrected chi connectivity index (χ0v) is 17.4. The summed E-state index contributed by atoms with van der Waals surface area (Å²) in [4.78, 5) is 0.0237. The highest BCUT2D eigenvalue weighted by Crippen LogP contribution is 2.42. The maximum atomic E-state index is 12.9. The van der Waals surface area contributed by atoms with Gasteiger partial charge in [-0.3, -0.25) is 0 Å². The number of hydrogen-bond acceptors (Lipinski definition) is 6. The molecule has 30 heavy (non-hydrogen) atoms. The fraction of sp³-hybridized carbons (Fsp3) is 0.222. The van der Waals surface area contributed by atoms with Crippen LogP contribution < -0.4 is 9.46 Å². The lowest BCUT2D eigenvalue weighted by molar-refractivity contribution is -0.397. The van der Waals surface area contributed by atoms with Crippen LogP contribution in [-0.2, 0) is 16.2 Å². The molecule has 4 rings (SSSR count). The number of sulfonamides is 1. The van der Waals surface area contributed by atoms with E-state index in [4.69, 9.17) is 16.3 Å². The maximum absolute atomic E-state index is 12.9. The summed E-state index contributed by atoms with van der Waals surface area (Å²) in [6, 6.07) is 7.71. The molecule has 1 unspecified atom stereocenters. The largest absolute Gasteiger partial charge is 0.493 e. The van der Waals surface area contributed by atoms with Crippen molar-refractivity contribution in [1.82, 2.24) is 10.2 Å². The van der Waals surface area contributed by atoms with E-state index in [9.17, 15) is 21.6 Å². The summed E-state index contributed by atoms with van der Waals surface area (Å²) in [5, 5.41) is 7.57. The molecule has 0 saturated heterocycles. The predicted molar refractivity (Wildman–Crippen MR) is 104 cm³/mol. The molecule has 6 nitrogen and oxygen atoms in total. The molecule has 0 radical (unpaired) electrons. The number of hydrogen-bond donors (Lipinski definition) is 1. The molecule has 158 valence electrons. The zero-order chi connectivity index (χ0) is 21.5. The van der Waals surface area contributed by atoms with Crippen LogP contribution in [0.25, 0.3) is 0 Å². The topological polar surface area (TPSA) is 85.8 Å². The van der Waals surface area contributed by atoms with Gasteiger partial charge in [0.2, 0.25) is 0 Å². The van der Waals surface area contributed by atoms with Crippen molar-refractivity contribution >= 4 is 38.1 Å². The summed E-state index contributed by atoms with van der Waals surface area (Å²) < 4.78 is 70.7. The van der Waals surface area contributed by atoms with Gasteiger partial charge in [-0.1, -0.05) is 28.8 Å². The minimum Gasteiger partial charge on any atom is -0.493 e. The van der Waals surface area contributed by atoms with Crippen molar-refractivity contribution < 1.29 is 31.0 Å². The van der Waals surface area contributed by atoms with E-state index in [0.717, 1.165) is 28.2 Å². The van der Waals surface area contributed by atoms with Gasteiger partial charge < -0.3 is 4.74 Å². The van der Waals surface area contributed by atoms with Crippen LogP contribution >= 0.6 is 22.9 Å². The predicted octanol–water partition coefficient (Wildman–Crippen LogP) is 3.71. The van der Waals surface area contributed by atoms with Crippen LogP contribution in [0.2, 0.25) is 5.02 Å². The minimum absolute atomic E-state index is 0.00368. The summed E-state index contributed by atoms with van der Waals surface area (Å²) in [5.41, 5.74) is 1.80. The first-order valence-electron chi connectivity index (χ1n) is 8.64. The average Bonchev–Trinajstić information content (AvgIpc) is 3.18. The van der Waals surface area contributed by atoms with Crippen molar-refractivity contribution in [3.05, 3.63) is 63.6 Å². The number of ether oxygens (including phenoxy) is 1. The summed E-state index contributed by atoms with van der Waals surface area (Å²) in [6.45, 7) is 0.276. The molecule has 1 aliphatic rings. The van der Waals surface area contributed by atoms with Crippen LogP contribution in [0.15, 0.2) is 46.8 Å². The van der Waals surface area contributed by atoms with Crippen molar-refractivity contribution in [1.29, 1.82) is 0 Å². The third-order valence-electron chi connectivity index (χ3n) is 4.69. The second-order valence-corrected chi connectivity index (χ2v) is 9.63. The lowest BCUT2D eigenvalue weighted by atomic mass is 9.86. The lowest BCUT2D eigenvalue weighted by Crippen LogP contribution is -2.81. The van der Waals surface area contributed by atoms with E-state index in [0.29, 0.717) is 23.3 Å². The number of benzene rings is 2. The van der Waals surface area contributed by atoms with Gasteiger partial charge in [0.15, 0.2) is 0 Å². The monoisotopic (exact) mass is 476 g/mol. The Hall–Kier alpha value is -2.21. The molecule has 1 aliphatic heterocycles. The molecule has 3 aromatic rings. The van der Waals surface area contributed by atoms with Gasteiger partial charge in [-0.15, -0.1) is 5.10 Å². The van der Waals surface area contributed by atoms with E-state index < -0.39 is 21.8 Å². The second kappa shape index (κ2) is 7.80. The Balaban J connectivity index is 1.67. The van der Waals surface area contributed by atoms with Gasteiger partial charge in [-0.25, -0.2) is 0 Å². The van der Waals surface area contributed by atoms with Gasteiger partial charge in [-0.2, -0.15) is 26.3 Å². The number of halogens is 4. The summed E-state index contributed by atoms with van der Waals surface area (Å²) in [5.74, 6) is 0.0429. The molecule has 2 N–H and O–H groups in total. The first kappa shape index (κ1) is 21.0. The number of nitrogens with two attached hydrogens (primary N) is 1.